The molecule has 0 radical (unpaired) electrons. The summed E-state index contributed by atoms with van der Waals surface area (Å²) in [6.07, 6.45) is 2.32. The van der Waals surface area contributed by atoms with Crippen LogP contribution in [0.25, 0.3) is 0 Å². The molecule has 552 valence electrons. The average molecular weight is 1450 g/mol. The lowest BCUT2D eigenvalue weighted by Crippen LogP contribution is -3.00. The number of rotatable bonds is 34. The molecular weight excluding hydrogens is 1320 g/mol. The van der Waals surface area contributed by atoms with E-state index >= 15 is 0 Å². The minimum absolute atomic E-state index is 0. The summed E-state index contributed by atoms with van der Waals surface area (Å²) in [5.74, 6) is -1.20. The molecule has 23 nitrogen and oxygen atoms in total. The standard InChI is InChI=1S/C28H52N6O4.C23H42N4O4.C8H16NO2.C7H10N2.CH4.5ClH/c1-29-22-30(2)24-32(23-29)26-11-9-25(10-12-26)21-31(15-13-27(35)37-19-17-33(3,4)5)16-14-28(36)38-20-18-34(6,7)8;1-26(2,3)15-17-30-22(28)11-13-25(19-20-7-9-21(24)10-8-20)14-12-23(29)31-18-16-27(4,5)6;1-5-8(10)11-7-6-9(2,3)4;8-5-6-1-3-7(9)4-2-6;;;;;;/h9-12H,13-24H2,1-8H3;7-10H,11-19,24H2,1-6H3;5H,1,6-7H2,2-4H3;1-4H,5,8-9H2;1H4;5*1H/q2*+2;+1;;;;;;;/p-4. The molecule has 0 amide bonds. The summed E-state index contributed by atoms with van der Waals surface area (Å²) >= 11 is 0. The van der Waals surface area contributed by atoms with Gasteiger partial charge in [-0.3, -0.25) is 38.8 Å². The maximum absolute atomic E-state index is 12.4. The van der Waals surface area contributed by atoms with E-state index in [0.29, 0.717) is 78.0 Å². The Kier molecular flexibility index (Phi) is 55.7. The molecule has 28 heteroatoms. The van der Waals surface area contributed by atoms with Gasteiger partial charge in [0.15, 0.2) is 0 Å². The maximum atomic E-state index is 12.4. The molecule has 3 aromatic rings. The molecule has 1 heterocycles. The molecule has 0 saturated carbocycles. The van der Waals surface area contributed by atoms with E-state index in [9.17, 15) is 24.0 Å². The van der Waals surface area contributed by atoms with Gasteiger partial charge in [0.2, 0.25) is 0 Å². The van der Waals surface area contributed by atoms with Gasteiger partial charge in [-0.1, -0.05) is 50.4 Å². The summed E-state index contributed by atoms with van der Waals surface area (Å²) in [7, 11) is 35.1. The Labute approximate surface area is 604 Å². The number of esters is 5. The molecule has 0 atom stereocenters. The van der Waals surface area contributed by atoms with Crippen molar-refractivity contribution in [3.63, 3.8) is 0 Å². The second kappa shape index (κ2) is 52.3. The highest BCUT2D eigenvalue weighted by molar-refractivity contribution is 5.81. The van der Waals surface area contributed by atoms with Crippen molar-refractivity contribution >= 4 is 46.9 Å². The topological polar surface area (TPSA) is 227 Å². The number of nitrogens with two attached hydrogens (primary N) is 2. The van der Waals surface area contributed by atoms with Crippen LogP contribution in [0.1, 0.15) is 49.8 Å². The third kappa shape index (κ3) is 57.9. The molecule has 4 rings (SSSR count). The lowest BCUT2D eigenvalue weighted by molar-refractivity contribution is -0.870. The highest BCUT2D eigenvalue weighted by Crippen LogP contribution is 2.20. The monoisotopic (exact) mass is 1450 g/mol. The third-order valence-electron chi connectivity index (χ3n) is 13.5. The molecule has 1 fully saturated rings. The molecule has 0 bridgehead atoms. The molecule has 0 aliphatic carbocycles. The molecule has 3 aromatic carbocycles. The van der Waals surface area contributed by atoms with Gasteiger partial charge in [0.05, 0.1) is 158 Å². The van der Waals surface area contributed by atoms with Crippen molar-refractivity contribution in [3.05, 3.63) is 102 Å². The summed E-state index contributed by atoms with van der Waals surface area (Å²) in [5.41, 5.74) is 21.1. The minimum Gasteiger partial charge on any atom is -1.00 e. The molecule has 1 aliphatic rings. The summed E-state index contributed by atoms with van der Waals surface area (Å²) in [5, 5.41) is 0. The van der Waals surface area contributed by atoms with E-state index in [1.54, 1.807) is 0 Å². The largest absolute Gasteiger partial charge is 1.00 e. The predicted octanol–water partition coefficient (Wildman–Crippen LogP) is -11.2. The van der Waals surface area contributed by atoms with E-state index in [-0.39, 0.29) is 125 Å². The number of hydrogen-bond acceptors (Lipinski definition) is 17. The molecule has 0 aromatic heterocycles. The summed E-state index contributed by atoms with van der Waals surface area (Å²) in [4.78, 5) is 70.7. The van der Waals surface area contributed by atoms with Crippen molar-refractivity contribution in [2.75, 3.05) is 248 Å². The first-order valence-electron chi connectivity index (χ1n) is 30.9. The third-order valence-corrected chi connectivity index (χ3v) is 13.5. The van der Waals surface area contributed by atoms with Crippen molar-refractivity contribution in [1.29, 1.82) is 0 Å². The van der Waals surface area contributed by atoms with Gasteiger partial charge >= 0.3 is 29.8 Å². The fourth-order valence-corrected chi connectivity index (χ4v) is 7.97. The van der Waals surface area contributed by atoms with Gasteiger partial charge < -0.3 is 130 Å². The van der Waals surface area contributed by atoms with Crippen molar-refractivity contribution in [2.45, 2.75) is 52.7 Å². The molecule has 1 aliphatic heterocycles. The van der Waals surface area contributed by atoms with Crippen LogP contribution in [0.15, 0.2) is 85.5 Å². The number of nitrogens with zero attached hydrogens (tertiary/aromatic N) is 10. The number of hydrogen-bond donors (Lipinski definition) is 3. The number of quaternary nitrogens is 6. The average Bonchev–Trinajstić information content (AvgIpc) is 1.49. The fraction of sp³-hybridized carbons (Fsp3) is 0.627. The Balaban J connectivity index is -0.000000310. The minimum atomic E-state index is -0.349. The van der Waals surface area contributed by atoms with Crippen molar-refractivity contribution in [3.8, 4) is 0 Å². The second-order valence-corrected chi connectivity index (χ2v) is 28.0. The van der Waals surface area contributed by atoms with Gasteiger partial charge in [0, 0.05) is 68.0 Å². The van der Waals surface area contributed by atoms with Crippen LogP contribution < -0.4 is 84.1 Å². The lowest BCUT2D eigenvalue weighted by atomic mass is 10.1. The van der Waals surface area contributed by atoms with Crippen LogP contribution in [0.3, 0.4) is 0 Å². The first-order chi connectivity index (χ1) is 41.3. The van der Waals surface area contributed by atoms with Crippen LogP contribution in [0.5, 0.6) is 0 Å². The number of benzene rings is 3. The van der Waals surface area contributed by atoms with Crippen LogP contribution in [-0.4, -0.2) is 304 Å². The Morgan fingerprint density at radius 2 is 0.695 bits per heavy atom. The first-order valence-corrected chi connectivity index (χ1v) is 30.9. The normalized spacial score (nSPS) is 12.4. The van der Waals surface area contributed by atoms with Gasteiger partial charge in [-0.25, -0.2) is 4.79 Å². The Morgan fingerprint density at radius 3 is 0.947 bits per heavy atom. The summed E-state index contributed by atoms with van der Waals surface area (Å²) in [6.45, 7) is 16.2. The number of halogens is 5. The van der Waals surface area contributed by atoms with Crippen LogP contribution in [0, 0.1) is 0 Å². The highest BCUT2D eigenvalue weighted by atomic mass is 35.5. The van der Waals surface area contributed by atoms with Gasteiger partial charge in [0.1, 0.15) is 65.8 Å². The number of carbonyl (C=O) groups is 5. The van der Waals surface area contributed by atoms with Gasteiger partial charge in [-0.15, -0.1) is 0 Å². The van der Waals surface area contributed by atoms with Gasteiger partial charge in [0.25, 0.3) is 0 Å². The highest BCUT2D eigenvalue weighted by Gasteiger charge is 2.21. The van der Waals surface area contributed by atoms with E-state index in [4.69, 9.17) is 35.2 Å². The maximum Gasteiger partial charge on any atom is 0.330 e. The Morgan fingerprint density at radius 1 is 0.442 bits per heavy atom. The van der Waals surface area contributed by atoms with Crippen LogP contribution in [0.2, 0.25) is 0 Å². The summed E-state index contributed by atoms with van der Waals surface area (Å²) in [6, 6.07) is 24.0. The number of ether oxygens (including phenoxy) is 5. The predicted molar refractivity (Wildman–Crippen MR) is 363 cm³/mol. The molecule has 7 N–H and O–H groups in total. The Bertz CT molecular complexity index is 2430. The first kappa shape index (κ1) is 101. The molecular formula is C67H125Cl5N13O10+. The zero-order chi connectivity index (χ0) is 67.4. The number of anilines is 3. The molecule has 1 saturated heterocycles. The fourth-order valence-electron chi connectivity index (χ4n) is 7.97. The van der Waals surface area contributed by atoms with E-state index in [1.165, 1.54) is 17.3 Å². The Hall–Kier alpha value is -4.80. The molecule has 0 unspecified atom stereocenters. The zero-order valence-corrected chi connectivity index (χ0v) is 63.8. The van der Waals surface area contributed by atoms with Crippen LogP contribution in [-0.2, 0) is 67.3 Å². The number of nitrogen functional groups attached to an aromatic ring is 2. The van der Waals surface area contributed by atoms with E-state index in [2.05, 4.69) is 160 Å². The SMILES string of the molecule is C.C=CC(=O)OCC[N+](C)(C)C.CN1CN(C)CN(c2ccc(CN(CCC(=O)OCC[N+](C)(C)C)CCC(=O)OCC[N+](C)(C)C)cc2)C1.C[N+](C)(C)CCOC(=O)CCN(CCC(=O)OCC[N+](C)(C)C)Cc1ccc(N)cc1.Nc1ccc(C[NH3+])cc1.[Cl-].[Cl-].[Cl-].[Cl-].[Cl-]. The zero-order valence-electron chi connectivity index (χ0n) is 60.0. The van der Waals surface area contributed by atoms with E-state index in [1.807, 2.05) is 69.7 Å². The van der Waals surface area contributed by atoms with Crippen LogP contribution in [0.4, 0.5) is 17.1 Å². The number of carbonyl (C=O) groups excluding carboxylic acids is 5. The van der Waals surface area contributed by atoms with E-state index < -0.39 is 0 Å². The van der Waals surface area contributed by atoms with Crippen LogP contribution >= 0.6 is 0 Å². The quantitative estimate of drug-likeness (QED) is 0.0166. The van der Waals surface area contributed by atoms with Crippen molar-refractivity contribution in [1.82, 2.24) is 19.6 Å². The van der Waals surface area contributed by atoms with E-state index in [0.717, 1.165) is 98.5 Å². The lowest BCUT2D eigenvalue weighted by Gasteiger charge is -2.40. The van der Waals surface area contributed by atoms with Gasteiger partial charge in [-0.05, 0) is 61.6 Å². The smallest absolute Gasteiger partial charge is 0.330 e. The summed E-state index contributed by atoms with van der Waals surface area (Å²) < 4.78 is 30.2. The van der Waals surface area contributed by atoms with Crippen molar-refractivity contribution in [2.24, 2.45) is 0 Å². The second-order valence-electron chi connectivity index (χ2n) is 28.0. The molecule has 95 heavy (non-hydrogen) atoms. The number of likely N-dealkylation sites (N-methyl/N-ethyl adjacent to an activating group) is 5. The van der Waals surface area contributed by atoms with Crippen molar-refractivity contribution < 1.29 is 138 Å². The molecule has 0 spiro atoms. The van der Waals surface area contributed by atoms with Gasteiger partial charge in [-0.2, -0.15) is 0 Å².